The molecule has 0 spiro atoms. The molecule has 0 aliphatic carbocycles. The summed E-state index contributed by atoms with van der Waals surface area (Å²) in [7, 11) is 1.77. The molecule has 1 aliphatic rings. The molecule has 0 amide bonds. The molecular weight excluding hydrogens is 391 g/mol. The van der Waals surface area contributed by atoms with Crippen LogP contribution in [0.1, 0.15) is 6.92 Å². The molecule has 1 atom stereocenters. The predicted octanol–water partition coefficient (Wildman–Crippen LogP) is 3.77. The lowest BCUT2D eigenvalue weighted by Crippen LogP contribution is -2.49. The van der Waals surface area contributed by atoms with Gasteiger partial charge < -0.3 is 10.2 Å². The normalized spacial score (nSPS) is 17.4. The van der Waals surface area contributed by atoms with E-state index >= 15 is 0 Å². The van der Waals surface area contributed by atoms with Crippen LogP contribution in [0.4, 0.5) is 10.1 Å². The van der Waals surface area contributed by atoms with Crippen LogP contribution < -0.4 is 10.2 Å². The van der Waals surface area contributed by atoms with Gasteiger partial charge in [-0.15, -0.1) is 0 Å². The number of nitrogens with one attached hydrogen (secondary N) is 1. The number of piperazine rings is 1. The molecule has 3 aromatic heterocycles. The maximum Gasteiger partial charge on any atom is 0.161 e. The van der Waals surface area contributed by atoms with Gasteiger partial charge in [-0.3, -0.25) is 4.68 Å². The van der Waals surface area contributed by atoms with Crippen molar-refractivity contribution in [2.45, 2.75) is 13.0 Å². The third-order valence-corrected chi connectivity index (χ3v) is 5.72. The third-order valence-electron chi connectivity index (χ3n) is 5.33. The van der Waals surface area contributed by atoms with Crippen LogP contribution in [-0.4, -0.2) is 45.4 Å². The Morgan fingerprint density at radius 1 is 1.28 bits per heavy atom. The Balaban J connectivity index is 1.57. The van der Waals surface area contributed by atoms with Crippen LogP contribution >= 0.6 is 11.6 Å². The van der Waals surface area contributed by atoms with Crippen molar-refractivity contribution in [3.05, 3.63) is 47.5 Å². The molecule has 148 valence electrons. The second-order valence-electron chi connectivity index (χ2n) is 7.52. The standard InChI is InChI=1S/C21H20ClFN6/c1-12-10-29(6-5-24-12)18-9-25-21-15(19(18)22)3-4-17(26-21)13-7-14-11-28(2)27-20(14)16(23)8-13/h3-4,7-9,11-12,24H,5-6,10H2,1-2H3. The van der Waals surface area contributed by atoms with Gasteiger partial charge in [0.2, 0.25) is 0 Å². The molecule has 1 N–H and O–H groups in total. The average Bonchev–Trinajstić information content (AvgIpc) is 3.09. The van der Waals surface area contributed by atoms with E-state index in [1.807, 2.05) is 18.2 Å². The van der Waals surface area contributed by atoms with E-state index < -0.39 is 0 Å². The maximum atomic E-state index is 14.5. The largest absolute Gasteiger partial charge is 0.366 e. The van der Waals surface area contributed by atoms with Crippen molar-refractivity contribution >= 4 is 39.2 Å². The molecule has 1 unspecified atom stereocenters. The summed E-state index contributed by atoms with van der Waals surface area (Å²) in [5.74, 6) is -0.367. The predicted molar refractivity (Wildman–Crippen MR) is 114 cm³/mol. The molecule has 0 bridgehead atoms. The van der Waals surface area contributed by atoms with Gasteiger partial charge in [-0.05, 0) is 31.2 Å². The smallest absolute Gasteiger partial charge is 0.161 e. The molecule has 6 nitrogen and oxygen atoms in total. The lowest BCUT2D eigenvalue weighted by atomic mass is 10.1. The number of aryl methyl sites for hydroxylation is 1. The number of aromatic nitrogens is 4. The number of nitrogens with zero attached hydrogens (tertiary/aromatic N) is 5. The summed E-state index contributed by atoms with van der Waals surface area (Å²) in [6, 6.07) is 7.51. The van der Waals surface area contributed by atoms with Gasteiger partial charge in [0.05, 0.1) is 22.6 Å². The summed E-state index contributed by atoms with van der Waals surface area (Å²) in [5.41, 5.74) is 3.15. The molecule has 0 saturated carbocycles. The van der Waals surface area contributed by atoms with Crippen LogP contribution in [0.25, 0.3) is 33.2 Å². The van der Waals surface area contributed by atoms with E-state index in [0.717, 1.165) is 36.1 Å². The minimum atomic E-state index is -0.367. The number of halogens is 2. The Hall–Kier alpha value is -2.77. The van der Waals surface area contributed by atoms with Crippen LogP contribution in [-0.2, 0) is 7.05 Å². The van der Waals surface area contributed by atoms with Gasteiger partial charge in [0.1, 0.15) is 5.52 Å². The van der Waals surface area contributed by atoms with E-state index in [1.54, 1.807) is 24.1 Å². The van der Waals surface area contributed by atoms with E-state index in [2.05, 4.69) is 32.2 Å². The number of fused-ring (bicyclic) bond motifs is 2. The van der Waals surface area contributed by atoms with Crippen molar-refractivity contribution in [3.8, 4) is 11.3 Å². The molecular formula is C21H20ClFN6. The first-order chi connectivity index (χ1) is 14.0. The summed E-state index contributed by atoms with van der Waals surface area (Å²) in [5, 5.41) is 9.76. The zero-order valence-corrected chi connectivity index (χ0v) is 16.9. The number of hydrogen-bond donors (Lipinski definition) is 1. The molecule has 1 aromatic carbocycles. The number of anilines is 1. The van der Waals surface area contributed by atoms with Crippen LogP contribution in [0.3, 0.4) is 0 Å². The van der Waals surface area contributed by atoms with Crippen LogP contribution in [0.2, 0.25) is 5.02 Å². The molecule has 5 rings (SSSR count). The van der Waals surface area contributed by atoms with Gasteiger partial charge in [-0.1, -0.05) is 11.6 Å². The Labute approximate surface area is 172 Å². The molecule has 0 radical (unpaired) electrons. The zero-order valence-electron chi connectivity index (χ0n) is 16.2. The molecule has 29 heavy (non-hydrogen) atoms. The van der Waals surface area contributed by atoms with Gasteiger partial charge in [0, 0.05) is 55.3 Å². The highest BCUT2D eigenvalue weighted by atomic mass is 35.5. The zero-order chi connectivity index (χ0) is 20.1. The van der Waals surface area contributed by atoms with Crippen LogP contribution in [0.5, 0.6) is 0 Å². The van der Waals surface area contributed by atoms with Crippen molar-refractivity contribution in [3.63, 3.8) is 0 Å². The van der Waals surface area contributed by atoms with Crippen LogP contribution in [0.15, 0.2) is 36.7 Å². The minimum Gasteiger partial charge on any atom is -0.366 e. The van der Waals surface area contributed by atoms with Crippen molar-refractivity contribution in [2.24, 2.45) is 7.05 Å². The average molecular weight is 411 g/mol. The molecule has 8 heteroatoms. The van der Waals surface area contributed by atoms with E-state index in [9.17, 15) is 4.39 Å². The molecule has 1 aliphatic heterocycles. The maximum absolute atomic E-state index is 14.5. The summed E-state index contributed by atoms with van der Waals surface area (Å²) in [6.45, 7) is 4.83. The fourth-order valence-electron chi connectivity index (χ4n) is 3.93. The molecule has 4 aromatic rings. The second-order valence-corrected chi connectivity index (χ2v) is 7.90. The Morgan fingerprint density at radius 3 is 2.97 bits per heavy atom. The van der Waals surface area contributed by atoms with Gasteiger partial charge in [-0.2, -0.15) is 5.10 Å². The molecule has 1 saturated heterocycles. The highest BCUT2D eigenvalue weighted by Gasteiger charge is 2.20. The van der Waals surface area contributed by atoms with E-state index in [1.165, 1.54) is 6.07 Å². The van der Waals surface area contributed by atoms with E-state index in [-0.39, 0.29) is 5.82 Å². The topological polar surface area (TPSA) is 58.9 Å². The van der Waals surface area contributed by atoms with Crippen LogP contribution in [0, 0.1) is 5.82 Å². The first kappa shape index (κ1) is 18.3. The number of hydrogen-bond acceptors (Lipinski definition) is 5. The number of pyridine rings is 2. The summed E-state index contributed by atoms with van der Waals surface area (Å²) < 4.78 is 16.1. The summed E-state index contributed by atoms with van der Waals surface area (Å²) >= 11 is 6.71. The van der Waals surface area contributed by atoms with Gasteiger partial charge in [0.25, 0.3) is 0 Å². The highest BCUT2D eigenvalue weighted by molar-refractivity contribution is 6.37. The Morgan fingerprint density at radius 2 is 2.14 bits per heavy atom. The molecule has 4 heterocycles. The van der Waals surface area contributed by atoms with Gasteiger partial charge in [0.15, 0.2) is 11.5 Å². The van der Waals surface area contributed by atoms with Crippen molar-refractivity contribution in [2.75, 3.05) is 24.5 Å². The Bertz CT molecular complexity index is 1240. The fourth-order valence-corrected chi connectivity index (χ4v) is 4.24. The Kier molecular flexibility index (Phi) is 4.37. The van der Waals surface area contributed by atoms with Crippen molar-refractivity contribution < 1.29 is 4.39 Å². The second kappa shape index (κ2) is 6.93. The third kappa shape index (κ3) is 3.20. The van der Waals surface area contributed by atoms with E-state index in [4.69, 9.17) is 11.6 Å². The number of rotatable bonds is 2. The monoisotopic (exact) mass is 410 g/mol. The first-order valence-corrected chi connectivity index (χ1v) is 9.94. The quantitative estimate of drug-likeness (QED) is 0.545. The molecule has 1 fully saturated rings. The lowest BCUT2D eigenvalue weighted by Gasteiger charge is -2.34. The van der Waals surface area contributed by atoms with Crippen molar-refractivity contribution in [1.82, 2.24) is 25.1 Å². The SMILES string of the molecule is CC1CN(c2cnc3nc(-c4cc(F)c5nn(C)cc5c4)ccc3c2Cl)CCN1. The van der Waals surface area contributed by atoms with Crippen molar-refractivity contribution in [1.29, 1.82) is 0 Å². The highest BCUT2D eigenvalue weighted by Crippen LogP contribution is 2.34. The first-order valence-electron chi connectivity index (χ1n) is 9.56. The minimum absolute atomic E-state index is 0.355. The fraction of sp³-hybridized carbons (Fsp3) is 0.286. The number of benzene rings is 1. The lowest BCUT2D eigenvalue weighted by molar-refractivity contribution is 0.485. The van der Waals surface area contributed by atoms with Gasteiger partial charge >= 0.3 is 0 Å². The van der Waals surface area contributed by atoms with Gasteiger partial charge in [-0.25, -0.2) is 14.4 Å². The van der Waals surface area contributed by atoms with E-state index in [0.29, 0.717) is 33.5 Å². The summed E-state index contributed by atoms with van der Waals surface area (Å²) in [4.78, 5) is 11.4. The summed E-state index contributed by atoms with van der Waals surface area (Å²) in [6.07, 6.45) is 3.57.